The van der Waals surface area contributed by atoms with Crippen molar-refractivity contribution in [3.05, 3.63) is 46.5 Å². The second kappa shape index (κ2) is 3.45. The molecule has 0 amide bonds. The van der Waals surface area contributed by atoms with Gasteiger partial charge in [0.15, 0.2) is 0 Å². The van der Waals surface area contributed by atoms with E-state index in [4.69, 9.17) is 5.11 Å². The monoisotopic (exact) mass is 204 g/mol. The minimum atomic E-state index is -1.02. The van der Waals surface area contributed by atoms with Crippen molar-refractivity contribution in [3.63, 3.8) is 0 Å². The lowest BCUT2D eigenvalue weighted by atomic mass is 10.1. The number of aromatic carboxylic acids is 1. The fraction of sp³-hybridized carbons (Fsp3) is 0. The quantitative estimate of drug-likeness (QED) is 0.683. The molecule has 2 aromatic rings. The van der Waals surface area contributed by atoms with Crippen LogP contribution in [-0.4, -0.2) is 21.0 Å². The maximum absolute atomic E-state index is 10.9. The van der Waals surface area contributed by atoms with Gasteiger partial charge in [0.2, 0.25) is 0 Å². The molecule has 1 heterocycles. The summed E-state index contributed by atoms with van der Waals surface area (Å²) in [6, 6.07) is 6.48. The number of aromatic nitrogens is 2. The minimum absolute atomic E-state index is 0.160. The Balaban J connectivity index is 2.62. The number of H-pyrrole nitrogens is 2. The topological polar surface area (TPSA) is 85.9 Å². The van der Waals surface area contributed by atoms with Crippen molar-refractivity contribution in [1.29, 1.82) is 0 Å². The lowest BCUT2D eigenvalue weighted by Crippen LogP contribution is -2.02. The maximum atomic E-state index is 10.9. The van der Waals surface area contributed by atoms with Crippen LogP contribution in [0.4, 0.5) is 0 Å². The average molecular weight is 204 g/mol. The number of hydrogen-bond acceptors (Lipinski definition) is 2. The van der Waals surface area contributed by atoms with Crippen LogP contribution in [0, 0.1) is 0 Å². The standard InChI is InChI=1S/C10H8N2O3/c13-9(14)7-4-2-1-3-6(7)8-5-11-10(15)12-8/h1-5H,(H,13,14)(H2,11,12,15). The van der Waals surface area contributed by atoms with Crippen LogP contribution in [0.15, 0.2) is 35.3 Å². The molecule has 0 unspecified atom stereocenters. The van der Waals surface area contributed by atoms with Gasteiger partial charge in [-0.15, -0.1) is 0 Å². The predicted molar refractivity (Wildman–Crippen MR) is 53.8 cm³/mol. The highest BCUT2D eigenvalue weighted by molar-refractivity contribution is 5.95. The Labute approximate surface area is 84.4 Å². The van der Waals surface area contributed by atoms with Gasteiger partial charge in [-0.25, -0.2) is 9.59 Å². The van der Waals surface area contributed by atoms with Gasteiger partial charge in [0.05, 0.1) is 11.3 Å². The third-order valence-electron chi connectivity index (χ3n) is 2.04. The van der Waals surface area contributed by atoms with E-state index in [1.807, 2.05) is 0 Å². The first kappa shape index (κ1) is 9.26. The SMILES string of the molecule is O=C(O)c1ccccc1-c1c[nH]c(=O)[nH]1. The average Bonchev–Trinajstić information content (AvgIpc) is 2.65. The van der Waals surface area contributed by atoms with E-state index in [1.54, 1.807) is 18.2 Å². The normalized spacial score (nSPS) is 10.1. The summed E-state index contributed by atoms with van der Waals surface area (Å²) >= 11 is 0. The van der Waals surface area contributed by atoms with Gasteiger partial charge in [-0.1, -0.05) is 18.2 Å². The van der Waals surface area contributed by atoms with E-state index in [-0.39, 0.29) is 11.3 Å². The van der Waals surface area contributed by atoms with Crippen molar-refractivity contribution < 1.29 is 9.90 Å². The van der Waals surface area contributed by atoms with E-state index in [0.717, 1.165) is 0 Å². The number of carbonyl (C=O) groups is 1. The molecule has 0 radical (unpaired) electrons. The van der Waals surface area contributed by atoms with Crippen molar-refractivity contribution >= 4 is 5.97 Å². The third-order valence-corrected chi connectivity index (χ3v) is 2.04. The van der Waals surface area contributed by atoms with Crippen LogP contribution in [0.2, 0.25) is 0 Å². The van der Waals surface area contributed by atoms with E-state index in [1.165, 1.54) is 12.3 Å². The largest absolute Gasteiger partial charge is 0.478 e. The Hall–Kier alpha value is -2.30. The third kappa shape index (κ3) is 1.67. The number of hydrogen-bond donors (Lipinski definition) is 3. The Kier molecular flexibility index (Phi) is 2.13. The lowest BCUT2D eigenvalue weighted by molar-refractivity contribution is 0.0697. The Morgan fingerprint density at radius 2 is 2.00 bits per heavy atom. The number of aromatic amines is 2. The van der Waals surface area contributed by atoms with Crippen LogP contribution in [0.25, 0.3) is 11.3 Å². The van der Waals surface area contributed by atoms with E-state index < -0.39 is 5.97 Å². The molecule has 0 bridgehead atoms. The van der Waals surface area contributed by atoms with E-state index in [2.05, 4.69) is 9.97 Å². The van der Waals surface area contributed by atoms with E-state index >= 15 is 0 Å². The van der Waals surface area contributed by atoms with Crippen molar-refractivity contribution in [2.24, 2.45) is 0 Å². The fourth-order valence-electron chi connectivity index (χ4n) is 1.38. The molecule has 0 aliphatic rings. The summed E-state index contributed by atoms with van der Waals surface area (Å²) < 4.78 is 0. The smallest absolute Gasteiger partial charge is 0.336 e. The summed E-state index contributed by atoms with van der Waals surface area (Å²) in [6.07, 6.45) is 1.45. The van der Waals surface area contributed by atoms with Gasteiger partial charge in [-0.3, -0.25) is 0 Å². The number of nitrogens with one attached hydrogen (secondary N) is 2. The summed E-state index contributed by atoms with van der Waals surface area (Å²) in [7, 11) is 0. The first-order valence-electron chi connectivity index (χ1n) is 4.29. The molecule has 0 spiro atoms. The molecule has 76 valence electrons. The molecule has 5 nitrogen and oxygen atoms in total. The van der Waals surface area contributed by atoms with Crippen molar-refractivity contribution in [2.75, 3.05) is 0 Å². The zero-order valence-electron chi connectivity index (χ0n) is 7.65. The van der Waals surface area contributed by atoms with Crippen LogP contribution in [0.1, 0.15) is 10.4 Å². The van der Waals surface area contributed by atoms with Crippen LogP contribution in [-0.2, 0) is 0 Å². The van der Waals surface area contributed by atoms with Gasteiger partial charge < -0.3 is 15.1 Å². The summed E-state index contributed by atoms with van der Waals surface area (Å²) in [5, 5.41) is 8.93. The number of carboxylic acid groups (broad SMARTS) is 1. The molecule has 1 aromatic heterocycles. The summed E-state index contributed by atoms with van der Waals surface area (Å²) in [5.74, 6) is -1.02. The molecule has 0 aliphatic heterocycles. The minimum Gasteiger partial charge on any atom is -0.478 e. The second-order valence-electron chi connectivity index (χ2n) is 3.01. The molecule has 15 heavy (non-hydrogen) atoms. The van der Waals surface area contributed by atoms with Gasteiger partial charge >= 0.3 is 11.7 Å². The highest BCUT2D eigenvalue weighted by Gasteiger charge is 2.11. The molecule has 5 heteroatoms. The molecule has 0 aliphatic carbocycles. The zero-order valence-corrected chi connectivity index (χ0v) is 7.65. The zero-order chi connectivity index (χ0) is 10.8. The molecular formula is C10H8N2O3. The van der Waals surface area contributed by atoms with Crippen LogP contribution in [0.3, 0.4) is 0 Å². The highest BCUT2D eigenvalue weighted by atomic mass is 16.4. The van der Waals surface area contributed by atoms with Crippen LogP contribution in [0.5, 0.6) is 0 Å². The molecule has 3 N–H and O–H groups in total. The molecule has 1 aromatic carbocycles. The predicted octanol–water partition coefficient (Wildman–Crippen LogP) is 1.07. The molecule has 0 fully saturated rings. The van der Waals surface area contributed by atoms with Gasteiger partial charge in [0.1, 0.15) is 0 Å². The highest BCUT2D eigenvalue weighted by Crippen LogP contribution is 2.19. The van der Waals surface area contributed by atoms with Crippen LogP contribution >= 0.6 is 0 Å². The van der Waals surface area contributed by atoms with Crippen molar-refractivity contribution in [1.82, 2.24) is 9.97 Å². The lowest BCUT2D eigenvalue weighted by Gasteiger charge is -2.01. The van der Waals surface area contributed by atoms with E-state index in [0.29, 0.717) is 11.3 Å². The summed E-state index contributed by atoms with van der Waals surface area (Å²) in [4.78, 5) is 26.7. The van der Waals surface area contributed by atoms with E-state index in [9.17, 15) is 9.59 Å². The van der Waals surface area contributed by atoms with Crippen molar-refractivity contribution in [2.45, 2.75) is 0 Å². The first-order chi connectivity index (χ1) is 7.18. The van der Waals surface area contributed by atoms with Gasteiger partial charge in [-0.2, -0.15) is 0 Å². The maximum Gasteiger partial charge on any atom is 0.336 e. The Morgan fingerprint density at radius 3 is 2.60 bits per heavy atom. The Morgan fingerprint density at radius 1 is 1.27 bits per heavy atom. The fourth-order valence-corrected chi connectivity index (χ4v) is 1.38. The molecular weight excluding hydrogens is 196 g/mol. The van der Waals surface area contributed by atoms with Gasteiger partial charge in [-0.05, 0) is 6.07 Å². The summed E-state index contributed by atoms with van der Waals surface area (Å²) in [6.45, 7) is 0. The van der Waals surface area contributed by atoms with Gasteiger partial charge in [0, 0.05) is 11.8 Å². The molecule has 0 saturated heterocycles. The summed E-state index contributed by atoms with van der Waals surface area (Å²) in [5.41, 5.74) is 0.763. The molecule has 2 rings (SSSR count). The van der Waals surface area contributed by atoms with Crippen molar-refractivity contribution in [3.8, 4) is 11.3 Å². The molecule has 0 saturated carbocycles. The molecule has 0 atom stereocenters. The number of benzene rings is 1. The Bertz CT molecular complexity index is 554. The number of carboxylic acids is 1. The van der Waals surface area contributed by atoms with Crippen LogP contribution < -0.4 is 5.69 Å². The number of imidazole rings is 1. The number of rotatable bonds is 2. The van der Waals surface area contributed by atoms with Gasteiger partial charge in [0.25, 0.3) is 0 Å². The first-order valence-corrected chi connectivity index (χ1v) is 4.29. The second-order valence-corrected chi connectivity index (χ2v) is 3.01.